The maximum Gasteiger partial charge on any atom is 0.220 e. The summed E-state index contributed by atoms with van der Waals surface area (Å²) in [6.07, 6.45) is 4.12. The summed E-state index contributed by atoms with van der Waals surface area (Å²) in [7, 11) is 0. The molecule has 0 saturated carbocycles. The highest BCUT2D eigenvalue weighted by atomic mass is 16.1. The topological polar surface area (TPSA) is 41.1 Å². The number of hydrogen-bond acceptors (Lipinski definition) is 2. The number of amides is 1. The second kappa shape index (κ2) is 8.94. The van der Waals surface area contributed by atoms with Gasteiger partial charge in [0.05, 0.1) is 0 Å². The molecule has 1 saturated heterocycles. The average molecular weight is 302 g/mol. The lowest BCUT2D eigenvalue weighted by atomic mass is 9.84. The van der Waals surface area contributed by atoms with Gasteiger partial charge >= 0.3 is 0 Å². The Morgan fingerprint density at radius 3 is 2.59 bits per heavy atom. The molecule has 3 heteroatoms. The molecule has 1 aliphatic heterocycles. The Morgan fingerprint density at radius 2 is 1.95 bits per heavy atom. The van der Waals surface area contributed by atoms with Crippen LogP contribution in [-0.4, -0.2) is 25.5 Å². The Balaban J connectivity index is 1.76. The molecular formula is C19H30N2O. The zero-order valence-electron chi connectivity index (χ0n) is 14.0. The van der Waals surface area contributed by atoms with E-state index >= 15 is 0 Å². The van der Waals surface area contributed by atoms with E-state index < -0.39 is 0 Å². The van der Waals surface area contributed by atoms with Crippen LogP contribution in [0.15, 0.2) is 30.3 Å². The zero-order chi connectivity index (χ0) is 15.8. The third-order valence-electron chi connectivity index (χ3n) is 5.01. The van der Waals surface area contributed by atoms with E-state index in [0.717, 1.165) is 26.1 Å². The highest BCUT2D eigenvalue weighted by Crippen LogP contribution is 2.24. The van der Waals surface area contributed by atoms with Crippen LogP contribution in [-0.2, 0) is 4.79 Å². The largest absolute Gasteiger partial charge is 0.355 e. The molecule has 0 aromatic heterocycles. The van der Waals surface area contributed by atoms with E-state index in [4.69, 9.17) is 0 Å². The van der Waals surface area contributed by atoms with Crippen LogP contribution < -0.4 is 10.6 Å². The fraction of sp³-hybridized carbons (Fsp3) is 0.632. The van der Waals surface area contributed by atoms with Gasteiger partial charge in [0.15, 0.2) is 0 Å². The molecule has 1 aliphatic rings. The van der Waals surface area contributed by atoms with Crippen LogP contribution in [0.1, 0.15) is 51.0 Å². The van der Waals surface area contributed by atoms with Gasteiger partial charge in [0.25, 0.3) is 0 Å². The molecule has 1 amide bonds. The molecule has 2 N–H and O–H groups in total. The van der Waals surface area contributed by atoms with Crippen molar-refractivity contribution in [3.63, 3.8) is 0 Å². The summed E-state index contributed by atoms with van der Waals surface area (Å²) in [5.41, 5.74) is 1.32. The van der Waals surface area contributed by atoms with Crippen LogP contribution in [0.4, 0.5) is 0 Å². The first-order chi connectivity index (χ1) is 10.7. The van der Waals surface area contributed by atoms with Gasteiger partial charge in [-0.2, -0.15) is 0 Å². The predicted octanol–water partition coefficient (Wildman–Crippen LogP) is 3.32. The summed E-state index contributed by atoms with van der Waals surface area (Å²) >= 11 is 0. The number of nitrogens with one attached hydrogen (secondary N) is 2. The molecule has 122 valence electrons. The van der Waals surface area contributed by atoms with Gasteiger partial charge in [-0.3, -0.25) is 4.79 Å². The third kappa shape index (κ3) is 5.13. The Labute approximate surface area is 134 Å². The number of benzene rings is 1. The molecule has 1 aromatic rings. The van der Waals surface area contributed by atoms with Crippen molar-refractivity contribution >= 4 is 5.91 Å². The minimum atomic E-state index is 0.209. The van der Waals surface area contributed by atoms with Gasteiger partial charge in [-0.05, 0) is 49.8 Å². The zero-order valence-corrected chi connectivity index (χ0v) is 14.0. The predicted molar refractivity (Wildman–Crippen MR) is 91.9 cm³/mol. The van der Waals surface area contributed by atoms with Gasteiger partial charge in [-0.25, -0.2) is 0 Å². The third-order valence-corrected chi connectivity index (χ3v) is 5.01. The molecule has 2 rings (SSSR count). The van der Waals surface area contributed by atoms with E-state index in [9.17, 15) is 4.79 Å². The number of hydrogen-bond donors (Lipinski definition) is 2. The summed E-state index contributed by atoms with van der Waals surface area (Å²) in [4.78, 5) is 12.2. The summed E-state index contributed by atoms with van der Waals surface area (Å²) in [5.74, 6) is 1.81. The van der Waals surface area contributed by atoms with E-state index in [1.165, 1.54) is 18.4 Å². The Bertz CT molecular complexity index is 440. The first-order valence-corrected chi connectivity index (χ1v) is 8.73. The quantitative estimate of drug-likeness (QED) is 0.811. The Hall–Kier alpha value is -1.35. The fourth-order valence-corrected chi connectivity index (χ4v) is 3.40. The lowest BCUT2D eigenvalue weighted by molar-refractivity contribution is -0.122. The van der Waals surface area contributed by atoms with Crippen LogP contribution in [0.3, 0.4) is 0 Å². The number of piperidine rings is 1. The summed E-state index contributed by atoms with van der Waals surface area (Å²) < 4.78 is 0. The van der Waals surface area contributed by atoms with Crippen LogP contribution in [0, 0.1) is 11.8 Å². The molecule has 0 bridgehead atoms. The normalized spacial score (nSPS) is 18.6. The molecule has 0 aliphatic carbocycles. The fourth-order valence-electron chi connectivity index (χ4n) is 3.40. The van der Waals surface area contributed by atoms with E-state index in [0.29, 0.717) is 24.2 Å². The highest BCUT2D eigenvalue weighted by molar-refractivity contribution is 5.76. The molecule has 1 aromatic carbocycles. The molecular weight excluding hydrogens is 272 g/mol. The second-order valence-corrected chi connectivity index (χ2v) is 6.59. The monoisotopic (exact) mass is 302 g/mol. The Kier molecular flexibility index (Phi) is 6.91. The average Bonchev–Trinajstić information content (AvgIpc) is 2.57. The standard InChI is InChI=1S/C19H30N2O/c1-3-16(18-7-5-4-6-8-18)14-21-19(22)13-15(2)17-9-11-20-12-10-17/h4-8,15-17,20H,3,9-14H2,1-2H3,(H,21,22). The highest BCUT2D eigenvalue weighted by Gasteiger charge is 2.22. The van der Waals surface area contributed by atoms with Gasteiger partial charge in [0, 0.05) is 18.9 Å². The molecule has 0 radical (unpaired) electrons. The van der Waals surface area contributed by atoms with E-state index in [2.05, 4.69) is 48.7 Å². The van der Waals surface area contributed by atoms with Gasteiger partial charge in [-0.15, -0.1) is 0 Å². The molecule has 0 spiro atoms. The first kappa shape index (κ1) is 17.0. The minimum Gasteiger partial charge on any atom is -0.355 e. The van der Waals surface area contributed by atoms with Crippen LogP contribution in [0.25, 0.3) is 0 Å². The van der Waals surface area contributed by atoms with Crippen LogP contribution >= 0.6 is 0 Å². The first-order valence-electron chi connectivity index (χ1n) is 8.73. The van der Waals surface area contributed by atoms with Gasteiger partial charge in [0.1, 0.15) is 0 Å². The number of rotatable bonds is 7. The maximum absolute atomic E-state index is 12.2. The smallest absolute Gasteiger partial charge is 0.220 e. The van der Waals surface area contributed by atoms with Crippen molar-refractivity contribution in [1.29, 1.82) is 0 Å². The van der Waals surface area contributed by atoms with Gasteiger partial charge < -0.3 is 10.6 Å². The van der Waals surface area contributed by atoms with E-state index in [1.54, 1.807) is 0 Å². The van der Waals surface area contributed by atoms with E-state index in [1.807, 2.05) is 6.07 Å². The number of carbonyl (C=O) groups is 1. The second-order valence-electron chi connectivity index (χ2n) is 6.59. The van der Waals surface area contributed by atoms with Crippen molar-refractivity contribution < 1.29 is 4.79 Å². The van der Waals surface area contributed by atoms with Crippen molar-refractivity contribution in [2.24, 2.45) is 11.8 Å². The molecule has 2 atom stereocenters. The summed E-state index contributed by atoms with van der Waals surface area (Å²) in [5, 5.41) is 6.54. The lowest BCUT2D eigenvalue weighted by Crippen LogP contribution is -2.34. The minimum absolute atomic E-state index is 0.209. The van der Waals surface area contributed by atoms with Crippen LogP contribution in [0.2, 0.25) is 0 Å². The summed E-state index contributed by atoms with van der Waals surface area (Å²) in [6.45, 7) is 7.36. The van der Waals surface area contributed by atoms with Crippen molar-refractivity contribution in [1.82, 2.24) is 10.6 Å². The number of carbonyl (C=O) groups excluding carboxylic acids is 1. The SMILES string of the molecule is CCC(CNC(=O)CC(C)C1CCNCC1)c1ccccc1. The van der Waals surface area contributed by atoms with Crippen molar-refractivity contribution in [3.05, 3.63) is 35.9 Å². The van der Waals surface area contributed by atoms with Crippen LogP contribution in [0.5, 0.6) is 0 Å². The van der Waals surface area contributed by atoms with E-state index in [-0.39, 0.29) is 5.91 Å². The van der Waals surface area contributed by atoms with Crippen molar-refractivity contribution in [2.75, 3.05) is 19.6 Å². The lowest BCUT2D eigenvalue weighted by Gasteiger charge is -2.28. The van der Waals surface area contributed by atoms with Gasteiger partial charge in [-0.1, -0.05) is 44.2 Å². The summed E-state index contributed by atoms with van der Waals surface area (Å²) in [6, 6.07) is 10.5. The maximum atomic E-state index is 12.2. The van der Waals surface area contributed by atoms with Crippen molar-refractivity contribution in [2.45, 2.75) is 45.4 Å². The molecule has 2 unspecified atom stereocenters. The molecule has 22 heavy (non-hydrogen) atoms. The molecule has 3 nitrogen and oxygen atoms in total. The van der Waals surface area contributed by atoms with Gasteiger partial charge in [0.2, 0.25) is 5.91 Å². The molecule has 1 heterocycles. The Morgan fingerprint density at radius 1 is 1.27 bits per heavy atom. The van der Waals surface area contributed by atoms with Crippen molar-refractivity contribution in [3.8, 4) is 0 Å². The molecule has 1 fully saturated rings.